The normalized spacial score (nSPS) is 14.0. The second-order valence-electron chi connectivity index (χ2n) is 17.0. The van der Waals surface area contributed by atoms with Gasteiger partial charge in [-0.3, -0.25) is 46.0 Å². The monoisotopic (exact) mass is 1000 g/mol. The molecule has 0 atom stereocenters. The number of hydrogen-bond acceptors (Lipinski definition) is 15. The zero-order chi connectivity index (χ0) is 52.1. The molecule has 0 bridgehead atoms. The average molecular weight is 1000 g/mol. The quantitative estimate of drug-likeness (QED) is 0.0483. The molecule has 22 heteroatoms. The van der Waals surface area contributed by atoms with Crippen LogP contribution in [0.5, 0.6) is 0 Å². The number of carbonyl (C=O) groups is 2. The van der Waals surface area contributed by atoms with Gasteiger partial charge in [0.15, 0.2) is 23.8 Å². The number of nitrogens with two attached hydrogens (primary N) is 3. The molecule has 368 valence electrons. The number of imide groups is 1. The van der Waals surface area contributed by atoms with E-state index in [1.807, 2.05) is 6.07 Å². The summed E-state index contributed by atoms with van der Waals surface area (Å²) in [6, 6.07) is 35.3. The van der Waals surface area contributed by atoms with E-state index in [2.05, 4.69) is 140 Å². The summed E-state index contributed by atoms with van der Waals surface area (Å²) in [5.41, 5.74) is 18.4. The van der Waals surface area contributed by atoms with Gasteiger partial charge in [-0.2, -0.15) is 9.13 Å². The molecule has 0 fully saturated rings. The number of fused-ring (bicyclic) bond motifs is 8. The number of rotatable bonds is 3. The van der Waals surface area contributed by atoms with Crippen molar-refractivity contribution in [2.45, 2.75) is 65.5 Å². The number of nitrogens with zero attached hydrogens (tertiary/aromatic N) is 3. The SMILES string of the molecule is Cc1cc[n+]2c(c1)C(C)(C)c1cc(CN)ccc1-2.Cc1cc[n+]2c(c1)C(C)(C)c1cc(CN3C(=O)c4ccccc4C3=O)ccc1-2.NN.O=c1[nH][nH]c(=O)c2ccccc12.[O-][Cl+3]([O-])([O-])[O-].[O-][Cl+3]([O-])([O-])[O-]. The van der Waals surface area contributed by atoms with Gasteiger partial charge in [-0.15, -0.1) is 20.5 Å². The minimum absolute atomic E-state index is 0.0481. The van der Waals surface area contributed by atoms with E-state index in [4.69, 9.17) is 43.0 Å². The molecule has 4 aromatic carbocycles. The van der Waals surface area contributed by atoms with Crippen molar-refractivity contribution in [1.29, 1.82) is 0 Å². The van der Waals surface area contributed by atoms with Crippen LogP contribution in [0.2, 0.25) is 0 Å². The summed E-state index contributed by atoms with van der Waals surface area (Å²) in [5.74, 6) is 7.57. The van der Waals surface area contributed by atoms with Crippen molar-refractivity contribution in [3.63, 3.8) is 0 Å². The largest absolute Gasteiger partial charge is 0.326 e. The second-order valence-corrected chi connectivity index (χ2v) is 18.5. The maximum absolute atomic E-state index is 12.7. The maximum Gasteiger partial charge on any atom is 0.270 e. The molecule has 20 nitrogen and oxygen atoms in total. The molecule has 3 aliphatic heterocycles. The fourth-order valence-electron chi connectivity index (χ4n) is 8.38. The molecule has 3 aromatic heterocycles. The molecule has 6 heterocycles. The standard InChI is InChI=1S/C24H21N2O2.C16H19N2.C8H6N2O2.2ClHO4.H4N2/c1-15-10-11-25-20-9-8-16(13-19(20)24(2,3)21(25)12-15)14-26-22(27)17-6-4-5-7-18(17)23(26)28;1-11-6-7-18-14-5-4-12(10-17)9-13(14)16(2,3)15(18)8-11;11-7-5-3-1-2-4-6(5)8(12)10-9-7;2*2-1(3,4)5;1-2/h4-13H,14H2,1-3H3;4-9H,10,17H2,1-3H3;1-4H,(H,9,11)(H,10,12);2*(H,2,3,4,5);1-2H2/q2*+1;;;;/p-2. The highest BCUT2D eigenvalue weighted by Crippen LogP contribution is 2.40. The number of amides is 2. The van der Waals surface area contributed by atoms with Crippen molar-refractivity contribution in [2.75, 3.05) is 0 Å². The van der Waals surface area contributed by atoms with Crippen LogP contribution < -0.4 is 74.9 Å². The number of aromatic amines is 2. The third-order valence-corrected chi connectivity index (χ3v) is 11.6. The molecule has 0 unspecified atom stereocenters. The van der Waals surface area contributed by atoms with E-state index in [1.54, 1.807) is 48.5 Å². The minimum atomic E-state index is -4.94. The van der Waals surface area contributed by atoms with Gasteiger partial charge < -0.3 is 5.73 Å². The second kappa shape index (κ2) is 21.6. The Balaban J connectivity index is 0.000000186. The van der Waals surface area contributed by atoms with E-state index >= 15 is 0 Å². The lowest BCUT2D eigenvalue weighted by atomic mass is 9.82. The third kappa shape index (κ3) is 12.4. The van der Waals surface area contributed by atoms with Crippen LogP contribution in [0.4, 0.5) is 0 Å². The van der Waals surface area contributed by atoms with Crippen LogP contribution in [0.25, 0.3) is 22.1 Å². The van der Waals surface area contributed by atoms with E-state index in [-0.39, 0.29) is 40.3 Å². The Hall–Kier alpha value is -6.60. The Bertz CT molecular complexity index is 3080. The highest BCUT2D eigenvalue weighted by atomic mass is 35.7. The summed E-state index contributed by atoms with van der Waals surface area (Å²) in [4.78, 5) is 48.9. The molecular formula is C48H50Cl2N8O12. The molecule has 0 saturated heterocycles. The van der Waals surface area contributed by atoms with E-state index in [9.17, 15) is 19.2 Å². The van der Waals surface area contributed by atoms with Gasteiger partial charge in [-0.1, -0.05) is 36.4 Å². The van der Waals surface area contributed by atoms with Crippen LogP contribution in [0.15, 0.2) is 131 Å². The van der Waals surface area contributed by atoms with Crippen LogP contribution in [-0.2, 0) is 23.9 Å². The molecule has 70 heavy (non-hydrogen) atoms. The van der Waals surface area contributed by atoms with Gasteiger partial charge in [-0.05, 0) is 100 Å². The first-order valence-electron chi connectivity index (χ1n) is 21.0. The number of hydrazine groups is 1. The Morgan fingerprint density at radius 1 is 0.543 bits per heavy atom. The zero-order valence-electron chi connectivity index (χ0n) is 38.7. The molecule has 0 radical (unpaired) electrons. The zero-order valence-corrected chi connectivity index (χ0v) is 40.2. The predicted molar refractivity (Wildman–Crippen MR) is 232 cm³/mol. The van der Waals surface area contributed by atoms with Crippen LogP contribution in [0.3, 0.4) is 0 Å². The number of H-pyrrole nitrogens is 2. The van der Waals surface area contributed by atoms with E-state index in [0.29, 0.717) is 28.4 Å². The van der Waals surface area contributed by atoms with Gasteiger partial charge in [-0.25, -0.2) is 37.3 Å². The molecule has 7 aromatic rings. The lowest BCUT2D eigenvalue weighted by Crippen LogP contribution is -2.68. The van der Waals surface area contributed by atoms with Crippen molar-refractivity contribution in [3.8, 4) is 11.4 Å². The van der Waals surface area contributed by atoms with Gasteiger partial charge in [0.25, 0.3) is 22.9 Å². The summed E-state index contributed by atoms with van der Waals surface area (Å²) in [7, 11) is -9.89. The number of nitrogens with one attached hydrogen (secondary N) is 2. The molecule has 8 N–H and O–H groups in total. The minimum Gasteiger partial charge on any atom is -0.326 e. The highest BCUT2D eigenvalue weighted by Gasteiger charge is 2.45. The Morgan fingerprint density at radius 3 is 1.29 bits per heavy atom. The Kier molecular flexibility index (Phi) is 16.8. The molecule has 3 aliphatic rings. The number of carbonyl (C=O) groups excluding carboxylic acids is 2. The van der Waals surface area contributed by atoms with Crippen LogP contribution in [-0.4, -0.2) is 26.9 Å². The first kappa shape index (κ1) is 54.3. The lowest BCUT2D eigenvalue weighted by molar-refractivity contribution is -2.00. The number of halogens is 2. The van der Waals surface area contributed by atoms with E-state index < -0.39 is 20.5 Å². The van der Waals surface area contributed by atoms with Gasteiger partial charge in [0.1, 0.15) is 0 Å². The number of hydrogen-bond donors (Lipinski definition) is 5. The van der Waals surface area contributed by atoms with Crippen molar-refractivity contribution in [2.24, 2.45) is 17.4 Å². The van der Waals surface area contributed by atoms with E-state index in [0.717, 1.165) is 11.3 Å². The molecule has 0 saturated carbocycles. The average Bonchev–Trinajstić information content (AvgIpc) is 3.77. The van der Waals surface area contributed by atoms with Crippen molar-refractivity contribution in [3.05, 3.63) is 198 Å². The Labute approximate surface area is 405 Å². The summed E-state index contributed by atoms with van der Waals surface area (Å²) in [5, 5.41) is 5.33. The topological polar surface area (TPSA) is 373 Å². The van der Waals surface area contributed by atoms with Crippen LogP contribution >= 0.6 is 0 Å². The Morgan fingerprint density at radius 2 is 0.900 bits per heavy atom. The fourth-order valence-corrected chi connectivity index (χ4v) is 8.38. The fraction of sp³-hybridized carbons (Fsp3) is 0.208. The van der Waals surface area contributed by atoms with Crippen molar-refractivity contribution < 1.29 is 76.5 Å². The molecule has 10 rings (SSSR count). The highest BCUT2D eigenvalue weighted by molar-refractivity contribution is 6.21. The van der Waals surface area contributed by atoms with Crippen molar-refractivity contribution in [1.82, 2.24) is 15.1 Å². The molecule has 0 aliphatic carbocycles. The van der Waals surface area contributed by atoms with Crippen molar-refractivity contribution >= 4 is 22.6 Å². The molecule has 2 amide bonds. The van der Waals surface area contributed by atoms with Gasteiger partial charge in [0.2, 0.25) is 11.4 Å². The predicted octanol–water partition coefficient (Wildman–Crippen LogP) is -4.40. The lowest BCUT2D eigenvalue weighted by Gasteiger charge is -2.17. The van der Waals surface area contributed by atoms with Gasteiger partial charge in [0, 0.05) is 54.1 Å². The summed E-state index contributed by atoms with van der Waals surface area (Å²) < 4.78 is 72.5. The summed E-state index contributed by atoms with van der Waals surface area (Å²) in [6.07, 6.45) is 4.28. The van der Waals surface area contributed by atoms with E-state index in [1.165, 1.54) is 49.8 Å². The number of aromatic nitrogens is 4. The van der Waals surface area contributed by atoms with Crippen LogP contribution in [0, 0.1) is 34.3 Å². The molecular weight excluding hydrogens is 951 g/mol. The maximum atomic E-state index is 12.7. The van der Waals surface area contributed by atoms with Crippen LogP contribution in [0.1, 0.15) is 93.2 Å². The number of aryl methyl sites for hydroxylation is 2. The smallest absolute Gasteiger partial charge is 0.270 e. The van der Waals surface area contributed by atoms with Gasteiger partial charge in [0.05, 0.1) is 39.3 Å². The van der Waals surface area contributed by atoms with Gasteiger partial charge >= 0.3 is 0 Å². The number of benzene rings is 4. The first-order chi connectivity index (χ1) is 32.7. The number of pyridine rings is 2. The molecule has 0 spiro atoms. The summed E-state index contributed by atoms with van der Waals surface area (Å²) in [6.45, 7) is 14.1. The third-order valence-electron chi connectivity index (χ3n) is 11.6. The first-order valence-corrected chi connectivity index (χ1v) is 23.4. The summed E-state index contributed by atoms with van der Waals surface area (Å²) >= 11 is 0.